The van der Waals surface area contributed by atoms with Crippen molar-refractivity contribution in [3.63, 3.8) is 0 Å². The van der Waals surface area contributed by atoms with Crippen LogP contribution in [0.3, 0.4) is 0 Å². The molecule has 0 spiro atoms. The van der Waals surface area contributed by atoms with E-state index in [-0.39, 0.29) is 0 Å². The Morgan fingerprint density at radius 2 is 1.94 bits per heavy atom. The van der Waals surface area contributed by atoms with Crippen LogP contribution in [-0.2, 0) is 4.74 Å². The van der Waals surface area contributed by atoms with E-state index in [2.05, 4.69) is 27.7 Å². The Balaban J connectivity index is 1.88. The molecule has 6 bridgehead atoms. The fraction of sp³-hybridized carbons (Fsp3) is 1.00. The van der Waals surface area contributed by atoms with Crippen LogP contribution in [0.1, 0.15) is 47.0 Å². The summed E-state index contributed by atoms with van der Waals surface area (Å²) in [6.07, 6.45) is 5.43. The quantitative estimate of drug-likeness (QED) is 0.607. The maximum absolute atomic E-state index is 6.39. The first-order valence-corrected chi connectivity index (χ1v) is 7.12. The summed E-state index contributed by atoms with van der Waals surface area (Å²) in [4.78, 5) is 0. The van der Waals surface area contributed by atoms with Gasteiger partial charge in [-0.3, -0.25) is 0 Å². The van der Waals surface area contributed by atoms with Crippen molar-refractivity contribution in [2.45, 2.75) is 59.2 Å². The average molecular weight is 220 g/mol. The molecule has 1 heteroatoms. The fourth-order valence-electron chi connectivity index (χ4n) is 6.16. The standard InChI is InChI=1S/C15H24O/c1-8-7-10-12-11(8)13(16-10)9-5-6-15(12,4)14(9,2)3/h8-13H,5-7H2,1-4H3/t8?,9?,10-,11?,12?,13-,15?/m0/s1. The third-order valence-corrected chi connectivity index (χ3v) is 7.29. The topological polar surface area (TPSA) is 9.23 Å². The smallest absolute Gasteiger partial charge is 0.0647 e. The number of ether oxygens (including phenoxy) is 1. The summed E-state index contributed by atoms with van der Waals surface area (Å²) in [5.74, 6) is 3.54. The number of fused-ring (bicyclic) bond motifs is 3. The molecule has 4 fully saturated rings. The van der Waals surface area contributed by atoms with Crippen LogP contribution < -0.4 is 0 Å². The Labute approximate surface area is 98.9 Å². The summed E-state index contributed by atoms with van der Waals surface area (Å²) in [5, 5.41) is 0. The second-order valence-electron chi connectivity index (χ2n) is 7.74. The number of hydrogen-bond acceptors (Lipinski definition) is 1. The van der Waals surface area contributed by atoms with Gasteiger partial charge in [0.1, 0.15) is 0 Å². The molecule has 3 saturated carbocycles. The van der Waals surface area contributed by atoms with E-state index in [1.54, 1.807) is 0 Å². The minimum Gasteiger partial charge on any atom is -0.374 e. The lowest BCUT2D eigenvalue weighted by atomic mass is 9.51. The van der Waals surface area contributed by atoms with Crippen molar-refractivity contribution in [1.29, 1.82) is 0 Å². The van der Waals surface area contributed by atoms with Crippen molar-refractivity contribution in [3.05, 3.63) is 0 Å². The highest BCUT2D eigenvalue weighted by atomic mass is 16.5. The minimum absolute atomic E-state index is 0.512. The van der Waals surface area contributed by atoms with Crippen molar-refractivity contribution in [2.24, 2.45) is 34.5 Å². The van der Waals surface area contributed by atoms with E-state index in [1.807, 2.05) is 0 Å². The summed E-state index contributed by atoms with van der Waals surface area (Å²) in [7, 11) is 0. The van der Waals surface area contributed by atoms with Gasteiger partial charge in [0.25, 0.3) is 0 Å². The molecule has 0 N–H and O–H groups in total. The molecular formula is C15H24O. The second kappa shape index (κ2) is 2.53. The van der Waals surface area contributed by atoms with Gasteiger partial charge in [0.05, 0.1) is 12.2 Å². The lowest BCUT2D eigenvalue weighted by Gasteiger charge is -2.52. The number of rotatable bonds is 0. The molecule has 0 amide bonds. The molecule has 1 saturated heterocycles. The van der Waals surface area contributed by atoms with Gasteiger partial charge in [-0.2, -0.15) is 0 Å². The van der Waals surface area contributed by atoms with Gasteiger partial charge in [-0.05, 0) is 53.8 Å². The van der Waals surface area contributed by atoms with E-state index in [0.29, 0.717) is 23.0 Å². The SMILES string of the molecule is CC1C[C@@H]2O[C@@H]3C1C2C1(C)CCC3C1(C)C. The lowest BCUT2D eigenvalue weighted by molar-refractivity contribution is -0.0864. The van der Waals surface area contributed by atoms with Crippen LogP contribution in [0, 0.1) is 34.5 Å². The lowest BCUT2D eigenvalue weighted by Crippen LogP contribution is -2.51. The first kappa shape index (κ1) is 9.94. The van der Waals surface area contributed by atoms with E-state index in [0.717, 1.165) is 23.7 Å². The third kappa shape index (κ3) is 0.776. The van der Waals surface area contributed by atoms with Crippen LogP contribution in [0.4, 0.5) is 0 Å². The zero-order valence-electron chi connectivity index (χ0n) is 11.0. The molecule has 7 atom stereocenters. The van der Waals surface area contributed by atoms with Gasteiger partial charge >= 0.3 is 0 Å². The monoisotopic (exact) mass is 220 g/mol. The summed E-state index contributed by atoms with van der Waals surface area (Å²) in [6.45, 7) is 10.1. The first-order chi connectivity index (χ1) is 7.47. The molecule has 3 aliphatic carbocycles. The summed E-state index contributed by atoms with van der Waals surface area (Å²) < 4.78 is 6.39. The van der Waals surface area contributed by atoms with Crippen molar-refractivity contribution in [2.75, 3.05) is 0 Å². The van der Waals surface area contributed by atoms with E-state index >= 15 is 0 Å². The highest BCUT2D eigenvalue weighted by Gasteiger charge is 2.72. The van der Waals surface area contributed by atoms with E-state index in [1.165, 1.54) is 19.3 Å². The van der Waals surface area contributed by atoms with E-state index in [4.69, 9.17) is 4.74 Å². The Morgan fingerprint density at radius 3 is 2.69 bits per heavy atom. The molecule has 1 nitrogen and oxygen atoms in total. The highest BCUT2D eigenvalue weighted by molar-refractivity contribution is 5.20. The average Bonchev–Trinajstić information content (AvgIpc) is 2.70. The normalized spacial score (nSPS) is 65.2. The molecule has 1 aliphatic heterocycles. The van der Waals surface area contributed by atoms with Gasteiger partial charge in [-0.25, -0.2) is 0 Å². The van der Waals surface area contributed by atoms with Crippen molar-refractivity contribution in [3.8, 4) is 0 Å². The third-order valence-electron chi connectivity index (χ3n) is 7.29. The summed E-state index contributed by atoms with van der Waals surface area (Å²) in [6, 6.07) is 0. The van der Waals surface area contributed by atoms with Gasteiger partial charge in [0.2, 0.25) is 0 Å². The molecule has 0 aromatic carbocycles. The van der Waals surface area contributed by atoms with Crippen molar-refractivity contribution >= 4 is 0 Å². The van der Waals surface area contributed by atoms with Gasteiger partial charge in [0.15, 0.2) is 0 Å². The van der Waals surface area contributed by atoms with Gasteiger partial charge in [0, 0.05) is 0 Å². The van der Waals surface area contributed by atoms with Crippen LogP contribution in [0.25, 0.3) is 0 Å². The molecule has 4 aliphatic rings. The Bertz CT molecular complexity index is 345. The molecular weight excluding hydrogens is 196 g/mol. The molecule has 1 heterocycles. The van der Waals surface area contributed by atoms with E-state index < -0.39 is 0 Å². The molecule has 0 aromatic rings. The summed E-state index contributed by atoms with van der Waals surface area (Å²) in [5.41, 5.74) is 1.07. The minimum atomic E-state index is 0.512. The maximum Gasteiger partial charge on any atom is 0.0647 e. The molecule has 0 radical (unpaired) electrons. The highest BCUT2D eigenvalue weighted by Crippen LogP contribution is 2.74. The second-order valence-corrected chi connectivity index (χ2v) is 7.74. The van der Waals surface area contributed by atoms with Crippen molar-refractivity contribution < 1.29 is 4.74 Å². The molecule has 90 valence electrons. The van der Waals surface area contributed by atoms with Crippen molar-refractivity contribution in [1.82, 2.24) is 0 Å². The zero-order valence-corrected chi connectivity index (χ0v) is 11.0. The Morgan fingerprint density at radius 1 is 1.19 bits per heavy atom. The van der Waals surface area contributed by atoms with Crippen LogP contribution in [0.5, 0.6) is 0 Å². The fourth-order valence-corrected chi connectivity index (χ4v) is 6.16. The van der Waals surface area contributed by atoms with Crippen LogP contribution in [0.15, 0.2) is 0 Å². The van der Waals surface area contributed by atoms with Crippen LogP contribution in [0.2, 0.25) is 0 Å². The molecule has 5 unspecified atom stereocenters. The first-order valence-electron chi connectivity index (χ1n) is 7.12. The predicted molar refractivity (Wildman–Crippen MR) is 64.0 cm³/mol. The van der Waals surface area contributed by atoms with Crippen LogP contribution >= 0.6 is 0 Å². The predicted octanol–water partition coefficient (Wildman–Crippen LogP) is 3.48. The zero-order chi connectivity index (χ0) is 11.3. The largest absolute Gasteiger partial charge is 0.374 e. The molecule has 0 aromatic heterocycles. The maximum atomic E-state index is 6.39. The Kier molecular flexibility index (Phi) is 1.57. The van der Waals surface area contributed by atoms with Crippen LogP contribution in [-0.4, -0.2) is 12.2 Å². The van der Waals surface area contributed by atoms with Gasteiger partial charge in [-0.15, -0.1) is 0 Å². The van der Waals surface area contributed by atoms with Gasteiger partial charge in [-0.1, -0.05) is 27.7 Å². The van der Waals surface area contributed by atoms with E-state index in [9.17, 15) is 0 Å². The summed E-state index contributed by atoms with van der Waals surface area (Å²) >= 11 is 0. The molecule has 16 heavy (non-hydrogen) atoms. The van der Waals surface area contributed by atoms with Gasteiger partial charge < -0.3 is 4.74 Å². The number of hydrogen-bond donors (Lipinski definition) is 0. The molecule has 4 rings (SSSR count). The Hall–Kier alpha value is -0.0400.